The van der Waals surface area contributed by atoms with Crippen molar-refractivity contribution >= 4 is 0 Å². The van der Waals surface area contributed by atoms with Gasteiger partial charge in [-0.3, -0.25) is 0 Å². The van der Waals surface area contributed by atoms with E-state index in [4.69, 9.17) is 10.2 Å². The van der Waals surface area contributed by atoms with Gasteiger partial charge in [-0.15, -0.1) is 0 Å². The van der Waals surface area contributed by atoms with Crippen LogP contribution in [0.2, 0.25) is 0 Å². The summed E-state index contributed by atoms with van der Waals surface area (Å²) in [5, 5.41) is 0. The Balaban J connectivity index is 2.17. The molecule has 0 fully saturated rings. The molecule has 15 heavy (non-hydrogen) atoms. The number of hydrogen-bond acceptors (Lipinski definition) is 2. The van der Waals surface area contributed by atoms with Crippen LogP contribution in [0.25, 0.3) is 11.1 Å². The molecule has 0 aliphatic carbocycles. The highest BCUT2D eigenvalue weighted by Crippen LogP contribution is 2.20. The second kappa shape index (κ2) is 4.32. The summed E-state index contributed by atoms with van der Waals surface area (Å²) in [7, 11) is 0. The molecule has 0 radical (unpaired) electrons. The first-order valence-corrected chi connectivity index (χ1v) is 5.13. The molecule has 2 heteroatoms. The minimum absolute atomic E-state index is 0.213. The van der Waals surface area contributed by atoms with E-state index in [9.17, 15) is 0 Å². The van der Waals surface area contributed by atoms with E-state index in [1.54, 1.807) is 12.5 Å². The van der Waals surface area contributed by atoms with Crippen molar-refractivity contribution < 1.29 is 4.42 Å². The van der Waals surface area contributed by atoms with E-state index in [2.05, 4.69) is 24.3 Å². The molecule has 2 nitrogen and oxygen atoms in total. The van der Waals surface area contributed by atoms with Gasteiger partial charge in [-0.05, 0) is 30.5 Å². The fourth-order valence-electron chi connectivity index (χ4n) is 1.63. The molecule has 78 valence electrons. The zero-order valence-electron chi connectivity index (χ0n) is 8.81. The lowest BCUT2D eigenvalue weighted by Crippen LogP contribution is -2.17. The first-order valence-electron chi connectivity index (χ1n) is 5.13. The number of furan rings is 1. The van der Waals surface area contributed by atoms with Crippen LogP contribution in [0, 0.1) is 0 Å². The molecular formula is C13H15NO. The van der Waals surface area contributed by atoms with Gasteiger partial charge in [0.15, 0.2) is 0 Å². The van der Waals surface area contributed by atoms with Crippen molar-refractivity contribution in [3.63, 3.8) is 0 Å². The normalized spacial score (nSPS) is 12.7. The topological polar surface area (TPSA) is 39.2 Å². The number of benzene rings is 1. The Morgan fingerprint density at radius 1 is 1.13 bits per heavy atom. The van der Waals surface area contributed by atoms with Crippen molar-refractivity contribution in [3.8, 4) is 11.1 Å². The summed E-state index contributed by atoms with van der Waals surface area (Å²) in [6.07, 6.45) is 4.36. The van der Waals surface area contributed by atoms with Gasteiger partial charge in [-0.25, -0.2) is 0 Å². The molecule has 0 amide bonds. The summed E-state index contributed by atoms with van der Waals surface area (Å²) in [5.41, 5.74) is 9.31. The molecule has 0 saturated heterocycles. The van der Waals surface area contributed by atoms with Crippen LogP contribution in [0.5, 0.6) is 0 Å². The third-order valence-corrected chi connectivity index (χ3v) is 2.37. The van der Waals surface area contributed by atoms with Gasteiger partial charge in [-0.2, -0.15) is 0 Å². The summed E-state index contributed by atoms with van der Waals surface area (Å²) < 4.78 is 5.04. The van der Waals surface area contributed by atoms with Crippen LogP contribution in [-0.4, -0.2) is 6.04 Å². The van der Waals surface area contributed by atoms with E-state index < -0.39 is 0 Å². The molecule has 2 N–H and O–H groups in total. The Hall–Kier alpha value is -1.54. The summed E-state index contributed by atoms with van der Waals surface area (Å²) in [4.78, 5) is 0. The molecule has 0 aliphatic rings. The van der Waals surface area contributed by atoms with E-state index in [-0.39, 0.29) is 6.04 Å². The molecule has 2 rings (SSSR count). The van der Waals surface area contributed by atoms with Gasteiger partial charge < -0.3 is 10.2 Å². The van der Waals surface area contributed by atoms with Crippen LogP contribution < -0.4 is 5.73 Å². The first kappa shape index (κ1) is 9.99. The monoisotopic (exact) mass is 201 g/mol. The highest BCUT2D eigenvalue weighted by molar-refractivity contribution is 5.62. The number of nitrogens with two attached hydrogens (primary N) is 1. The minimum atomic E-state index is 0.213. The Morgan fingerprint density at radius 3 is 2.40 bits per heavy atom. The van der Waals surface area contributed by atoms with Gasteiger partial charge in [0.2, 0.25) is 0 Å². The van der Waals surface area contributed by atoms with Gasteiger partial charge >= 0.3 is 0 Å². The molecule has 1 heterocycles. The highest BCUT2D eigenvalue weighted by Gasteiger charge is 2.00. The summed E-state index contributed by atoms with van der Waals surface area (Å²) >= 11 is 0. The predicted molar refractivity (Wildman–Crippen MR) is 61.5 cm³/mol. The second-order valence-electron chi connectivity index (χ2n) is 3.89. The zero-order chi connectivity index (χ0) is 10.7. The standard InChI is InChI=1S/C13H15NO/c1-10(14)8-11-2-4-12(5-3-11)13-6-7-15-9-13/h2-7,9-10H,8,14H2,1H3. The molecule has 0 bridgehead atoms. The van der Waals surface area contributed by atoms with E-state index in [0.29, 0.717) is 0 Å². The van der Waals surface area contributed by atoms with Gasteiger partial charge in [0.1, 0.15) is 0 Å². The molecule has 1 aromatic carbocycles. The maximum Gasteiger partial charge on any atom is 0.0980 e. The lowest BCUT2D eigenvalue weighted by molar-refractivity contribution is 0.568. The van der Waals surface area contributed by atoms with Gasteiger partial charge in [0, 0.05) is 11.6 Å². The quantitative estimate of drug-likeness (QED) is 0.829. The molecule has 1 atom stereocenters. The van der Waals surface area contributed by atoms with Crippen molar-refractivity contribution in [3.05, 3.63) is 48.4 Å². The van der Waals surface area contributed by atoms with E-state index >= 15 is 0 Å². The van der Waals surface area contributed by atoms with Crippen LogP contribution >= 0.6 is 0 Å². The fraction of sp³-hybridized carbons (Fsp3) is 0.231. The Morgan fingerprint density at radius 2 is 1.87 bits per heavy atom. The van der Waals surface area contributed by atoms with Crippen LogP contribution in [0.15, 0.2) is 47.3 Å². The van der Waals surface area contributed by atoms with Crippen molar-refractivity contribution in [2.45, 2.75) is 19.4 Å². The smallest absolute Gasteiger partial charge is 0.0980 e. The summed E-state index contributed by atoms with van der Waals surface area (Å²) in [5.74, 6) is 0. The van der Waals surface area contributed by atoms with Gasteiger partial charge in [-0.1, -0.05) is 24.3 Å². The zero-order valence-corrected chi connectivity index (χ0v) is 8.81. The Bertz CT molecular complexity index is 401. The third-order valence-electron chi connectivity index (χ3n) is 2.37. The van der Waals surface area contributed by atoms with Gasteiger partial charge in [0.05, 0.1) is 12.5 Å². The second-order valence-corrected chi connectivity index (χ2v) is 3.89. The molecular weight excluding hydrogens is 186 g/mol. The fourth-order valence-corrected chi connectivity index (χ4v) is 1.63. The highest BCUT2D eigenvalue weighted by atomic mass is 16.3. The van der Waals surface area contributed by atoms with Crippen molar-refractivity contribution in [2.75, 3.05) is 0 Å². The number of rotatable bonds is 3. The Kier molecular flexibility index (Phi) is 2.88. The van der Waals surface area contributed by atoms with Crippen molar-refractivity contribution in [1.29, 1.82) is 0 Å². The van der Waals surface area contributed by atoms with Crippen LogP contribution in [0.1, 0.15) is 12.5 Å². The summed E-state index contributed by atoms with van der Waals surface area (Å²) in [6.45, 7) is 2.02. The SMILES string of the molecule is CC(N)Cc1ccc(-c2ccoc2)cc1. The van der Waals surface area contributed by atoms with Crippen LogP contribution in [0.4, 0.5) is 0 Å². The maximum atomic E-state index is 5.74. The molecule has 2 aromatic rings. The van der Waals surface area contributed by atoms with E-state index in [1.807, 2.05) is 13.0 Å². The third kappa shape index (κ3) is 2.48. The largest absolute Gasteiger partial charge is 0.472 e. The van der Waals surface area contributed by atoms with Crippen molar-refractivity contribution in [1.82, 2.24) is 0 Å². The predicted octanol–water partition coefficient (Wildman–Crippen LogP) is 2.84. The van der Waals surface area contributed by atoms with Crippen LogP contribution in [0.3, 0.4) is 0 Å². The van der Waals surface area contributed by atoms with Crippen LogP contribution in [-0.2, 0) is 6.42 Å². The lowest BCUT2D eigenvalue weighted by Gasteiger charge is -2.05. The lowest BCUT2D eigenvalue weighted by atomic mass is 10.0. The Labute approximate surface area is 89.7 Å². The summed E-state index contributed by atoms with van der Waals surface area (Å²) in [6, 6.07) is 10.6. The van der Waals surface area contributed by atoms with Crippen molar-refractivity contribution in [2.24, 2.45) is 5.73 Å². The average Bonchev–Trinajstić information content (AvgIpc) is 2.71. The maximum absolute atomic E-state index is 5.74. The molecule has 0 aliphatic heterocycles. The minimum Gasteiger partial charge on any atom is -0.472 e. The average molecular weight is 201 g/mol. The molecule has 1 aromatic heterocycles. The molecule has 0 saturated carbocycles. The van der Waals surface area contributed by atoms with Gasteiger partial charge in [0.25, 0.3) is 0 Å². The van der Waals surface area contributed by atoms with E-state index in [0.717, 1.165) is 12.0 Å². The first-order chi connectivity index (χ1) is 7.25. The van der Waals surface area contributed by atoms with E-state index in [1.165, 1.54) is 11.1 Å². The molecule has 0 spiro atoms. The molecule has 1 unspecified atom stereocenters. The number of hydrogen-bond donors (Lipinski definition) is 1.